The molecule has 2 aliphatic carbocycles. The van der Waals surface area contributed by atoms with E-state index < -0.39 is 0 Å². The largest absolute Gasteiger partial charge is 0.370 e. The van der Waals surface area contributed by atoms with E-state index in [1.54, 1.807) is 25.7 Å². The molecule has 0 aromatic heterocycles. The highest BCUT2D eigenvalue weighted by molar-refractivity contribution is 5.70. The molecule has 2 rings (SSSR count). The van der Waals surface area contributed by atoms with Crippen LogP contribution in [0.15, 0.2) is 0 Å². The molecule has 1 amide bonds. The van der Waals surface area contributed by atoms with E-state index in [-0.39, 0.29) is 5.91 Å². The standard InChI is InChI=1S/C10H18.C2H5NO/c1-2-6-9(5-1)10-7-3-4-8-10;1-2(3)4/h9-10H,1-8H2;1H3,(H2,3,4). The Kier molecular flexibility index (Phi) is 4.99. The monoisotopic (exact) mass is 197 g/mol. The Balaban J connectivity index is 0.000000213. The lowest BCUT2D eigenvalue weighted by Crippen LogP contribution is -2.06. The van der Waals surface area contributed by atoms with Gasteiger partial charge < -0.3 is 5.73 Å². The molecule has 0 heterocycles. The fraction of sp³-hybridized carbons (Fsp3) is 0.917. The average Bonchev–Trinajstić information content (AvgIpc) is 2.76. The van der Waals surface area contributed by atoms with Gasteiger partial charge in [-0.05, 0) is 11.8 Å². The van der Waals surface area contributed by atoms with Crippen LogP contribution in [-0.4, -0.2) is 5.91 Å². The molecule has 2 saturated carbocycles. The fourth-order valence-electron chi connectivity index (χ4n) is 2.86. The predicted octanol–water partition coefficient (Wildman–Crippen LogP) is 2.86. The maximum atomic E-state index is 9.22. The number of primary amides is 1. The fourth-order valence-corrected chi connectivity index (χ4v) is 2.86. The van der Waals surface area contributed by atoms with E-state index >= 15 is 0 Å². The topological polar surface area (TPSA) is 43.1 Å². The van der Waals surface area contributed by atoms with Crippen LogP contribution in [0.3, 0.4) is 0 Å². The average molecular weight is 197 g/mol. The quantitative estimate of drug-likeness (QED) is 0.690. The maximum absolute atomic E-state index is 9.22. The lowest BCUT2D eigenvalue weighted by atomic mass is 9.90. The lowest BCUT2D eigenvalue weighted by Gasteiger charge is -2.16. The van der Waals surface area contributed by atoms with Gasteiger partial charge in [0, 0.05) is 6.92 Å². The van der Waals surface area contributed by atoms with Crippen molar-refractivity contribution in [3.8, 4) is 0 Å². The SMILES string of the molecule is C1CCC(C2CCCC2)C1.CC(N)=O. The van der Waals surface area contributed by atoms with Crippen LogP contribution in [0.2, 0.25) is 0 Å². The number of carbonyl (C=O) groups is 1. The van der Waals surface area contributed by atoms with Gasteiger partial charge in [0.25, 0.3) is 0 Å². The third-order valence-corrected chi connectivity index (χ3v) is 3.47. The van der Waals surface area contributed by atoms with Crippen LogP contribution in [0.5, 0.6) is 0 Å². The van der Waals surface area contributed by atoms with Gasteiger partial charge in [-0.15, -0.1) is 0 Å². The van der Waals surface area contributed by atoms with Gasteiger partial charge in [0.05, 0.1) is 0 Å². The minimum absolute atomic E-state index is 0.333. The summed E-state index contributed by atoms with van der Waals surface area (Å²) in [6, 6.07) is 0. The predicted molar refractivity (Wildman–Crippen MR) is 58.8 cm³/mol. The van der Waals surface area contributed by atoms with E-state index in [2.05, 4.69) is 5.73 Å². The lowest BCUT2D eigenvalue weighted by molar-refractivity contribution is -0.115. The van der Waals surface area contributed by atoms with Crippen molar-refractivity contribution in [1.29, 1.82) is 0 Å². The maximum Gasteiger partial charge on any atom is 0.214 e. The van der Waals surface area contributed by atoms with Gasteiger partial charge in [0.15, 0.2) is 0 Å². The van der Waals surface area contributed by atoms with Crippen molar-refractivity contribution in [1.82, 2.24) is 0 Å². The first kappa shape index (κ1) is 11.5. The van der Waals surface area contributed by atoms with Gasteiger partial charge in [-0.1, -0.05) is 51.4 Å². The molecular weight excluding hydrogens is 174 g/mol. The molecule has 0 radical (unpaired) electrons. The first-order valence-corrected chi connectivity index (χ1v) is 5.96. The zero-order valence-corrected chi connectivity index (χ0v) is 9.30. The van der Waals surface area contributed by atoms with Crippen molar-refractivity contribution in [3.05, 3.63) is 0 Å². The number of carbonyl (C=O) groups excluding carboxylic acids is 1. The number of amides is 1. The molecule has 0 spiro atoms. The molecule has 0 aliphatic heterocycles. The molecular formula is C12H23NO. The summed E-state index contributed by atoms with van der Waals surface area (Å²) < 4.78 is 0. The van der Waals surface area contributed by atoms with Crippen LogP contribution in [0.1, 0.15) is 58.3 Å². The summed E-state index contributed by atoms with van der Waals surface area (Å²) in [5.41, 5.74) is 4.47. The Morgan fingerprint density at radius 1 is 0.929 bits per heavy atom. The molecule has 0 atom stereocenters. The first-order valence-electron chi connectivity index (χ1n) is 5.96. The van der Waals surface area contributed by atoms with Crippen molar-refractivity contribution in [3.63, 3.8) is 0 Å². The summed E-state index contributed by atoms with van der Waals surface area (Å²) in [5, 5.41) is 0. The van der Waals surface area contributed by atoms with E-state index in [0.717, 1.165) is 11.8 Å². The van der Waals surface area contributed by atoms with E-state index in [1.165, 1.54) is 32.6 Å². The smallest absolute Gasteiger partial charge is 0.214 e. The second kappa shape index (κ2) is 6.05. The zero-order chi connectivity index (χ0) is 10.4. The molecule has 2 nitrogen and oxygen atoms in total. The van der Waals surface area contributed by atoms with Crippen molar-refractivity contribution in [2.45, 2.75) is 58.3 Å². The van der Waals surface area contributed by atoms with Gasteiger partial charge in [-0.25, -0.2) is 0 Å². The van der Waals surface area contributed by atoms with Crippen LogP contribution in [0, 0.1) is 11.8 Å². The minimum atomic E-state index is -0.333. The highest BCUT2D eigenvalue weighted by Crippen LogP contribution is 2.39. The molecule has 14 heavy (non-hydrogen) atoms. The van der Waals surface area contributed by atoms with E-state index in [9.17, 15) is 4.79 Å². The molecule has 0 saturated heterocycles. The Hall–Kier alpha value is -0.530. The van der Waals surface area contributed by atoms with Crippen LogP contribution in [0.4, 0.5) is 0 Å². The van der Waals surface area contributed by atoms with Crippen LogP contribution in [-0.2, 0) is 4.79 Å². The molecule has 0 unspecified atom stereocenters. The van der Waals surface area contributed by atoms with Gasteiger partial charge in [0.2, 0.25) is 5.91 Å². The minimum Gasteiger partial charge on any atom is -0.370 e. The van der Waals surface area contributed by atoms with Gasteiger partial charge in [0.1, 0.15) is 0 Å². The molecule has 0 aromatic carbocycles. The van der Waals surface area contributed by atoms with Crippen molar-refractivity contribution in [2.75, 3.05) is 0 Å². The summed E-state index contributed by atoms with van der Waals surface area (Å²) in [4.78, 5) is 9.22. The molecule has 0 bridgehead atoms. The molecule has 2 heteroatoms. The Labute approximate surface area is 87.2 Å². The van der Waals surface area contributed by atoms with Crippen molar-refractivity contribution >= 4 is 5.91 Å². The van der Waals surface area contributed by atoms with Gasteiger partial charge >= 0.3 is 0 Å². The van der Waals surface area contributed by atoms with E-state index in [4.69, 9.17) is 0 Å². The van der Waals surface area contributed by atoms with Gasteiger partial charge in [-0.2, -0.15) is 0 Å². The zero-order valence-electron chi connectivity index (χ0n) is 9.30. The van der Waals surface area contributed by atoms with E-state index in [1.807, 2.05) is 0 Å². The Morgan fingerprint density at radius 2 is 1.14 bits per heavy atom. The summed E-state index contributed by atoms with van der Waals surface area (Å²) in [6.45, 7) is 1.31. The molecule has 82 valence electrons. The normalized spacial score (nSPS) is 23.2. The highest BCUT2D eigenvalue weighted by Gasteiger charge is 2.26. The Morgan fingerprint density at radius 3 is 1.36 bits per heavy atom. The summed E-state index contributed by atoms with van der Waals surface area (Å²) >= 11 is 0. The number of rotatable bonds is 1. The third kappa shape index (κ3) is 4.12. The summed E-state index contributed by atoms with van der Waals surface area (Å²) in [6.07, 6.45) is 12.4. The summed E-state index contributed by atoms with van der Waals surface area (Å²) in [5.74, 6) is 1.98. The van der Waals surface area contributed by atoms with Crippen LogP contribution >= 0.6 is 0 Å². The molecule has 2 aliphatic rings. The summed E-state index contributed by atoms with van der Waals surface area (Å²) in [7, 11) is 0. The van der Waals surface area contributed by atoms with Crippen molar-refractivity contribution < 1.29 is 4.79 Å². The molecule has 2 fully saturated rings. The highest BCUT2D eigenvalue weighted by atomic mass is 16.1. The van der Waals surface area contributed by atoms with Crippen LogP contribution < -0.4 is 5.73 Å². The van der Waals surface area contributed by atoms with E-state index in [0.29, 0.717) is 0 Å². The number of hydrogen-bond donors (Lipinski definition) is 1. The molecule has 2 N–H and O–H groups in total. The number of nitrogens with two attached hydrogens (primary N) is 1. The Bertz CT molecular complexity index is 149. The van der Waals surface area contributed by atoms with Gasteiger partial charge in [-0.3, -0.25) is 4.79 Å². The second-order valence-corrected chi connectivity index (χ2v) is 4.70. The third-order valence-electron chi connectivity index (χ3n) is 3.47. The second-order valence-electron chi connectivity index (χ2n) is 4.70. The molecule has 0 aromatic rings. The van der Waals surface area contributed by atoms with Crippen molar-refractivity contribution in [2.24, 2.45) is 17.6 Å². The first-order chi connectivity index (χ1) is 6.70. The number of hydrogen-bond acceptors (Lipinski definition) is 1. The van der Waals surface area contributed by atoms with Crippen LogP contribution in [0.25, 0.3) is 0 Å².